The summed E-state index contributed by atoms with van der Waals surface area (Å²) >= 11 is 6.25. The molecule has 0 saturated carbocycles. The van der Waals surface area contributed by atoms with Crippen molar-refractivity contribution in [3.63, 3.8) is 0 Å². The van der Waals surface area contributed by atoms with E-state index in [0.717, 1.165) is 36.5 Å². The van der Waals surface area contributed by atoms with Gasteiger partial charge in [0, 0.05) is 23.3 Å². The molecule has 5 nitrogen and oxygen atoms in total. The average Bonchev–Trinajstić information content (AvgIpc) is 2.86. The van der Waals surface area contributed by atoms with Crippen molar-refractivity contribution in [1.82, 2.24) is 20.4 Å². The molecular formula is C19H25ClN4O. The van der Waals surface area contributed by atoms with Crippen LogP contribution in [0.4, 0.5) is 0 Å². The van der Waals surface area contributed by atoms with Crippen LogP contribution in [0.3, 0.4) is 0 Å². The standard InChI is InChI=1S/C19H25ClN4O/c1-12-8-9-21-10-17(12)22-19(25)18-13(2)23-24(14(18)3)11-15-6-4-5-7-16(15)20/h4-7,12,17,21H,8-11H2,1-3H3,(H,22,25). The lowest BCUT2D eigenvalue weighted by Gasteiger charge is -2.30. The normalized spacial score (nSPS) is 20.5. The fourth-order valence-electron chi connectivity index (χ4n) is 3.39. The SMILES string of the molecule is Cc1nn(Cc2ccccc2Cl)c(C)c1C(=O)NC1CNCCC1C. The van der Waals surface area contributed by atoms with Crippen LogP contribution in [0.5, 0.6) is 0 Å². The summed E-state index contributed by atoms with van der Waals surface area (Å²) in [7, 11) is 0. The smallest absolute Gasteiger partial charge is 0.255 e. The number of aromatic nitrogens is 2. The Hall–Kier alpha value is -1.85. The average molecular weight is 361 g/mol. The van der Waals surface area contributed by atoms with Crippen molar-refractivity contribution in [2.45, 2.75) is 39.8 Å². The van der Waals surface area contributed by atoms with Crippen molar-refractivity contribution in [2.24, 2.45) is 5.92 Å². The molecule has 2 N–H and O–H groups in total. The topological polar surface area (TPSA) is 59.0 Å². The molecule has 0 bridgehead atoms. The van der Waals surface area contributed by atoms with E-state index < -0.39 is 0 Å². The maximum atomic E-state index is 12.8. The Morgan fingerprint density at radius 1 is 1.40 bits per heavy atom. The number of carbonyl (C=O) groups excluding carboxylic acids is 1. The zero-order valence-corrected chi connectivity index (χ0v) is 15.7. The highest BCUT2D eigenvalue weighted by molar-refractivity contribution is 6.31. The van der Waals surface area contributed by atoms with Crippen molar-refractivity contribution in [2.75, 3.05) is 13.1 Å². The molecule has 1 aliphatic heterocycles. The fraction of sp³-hybridized carbons (Fsp3) is 0.474. The molecule has 2 unspecified atom stereocenters. The van der Waals surface area contributed by atoms with Gasteiger partial charge in [0.1, 0.15) is 0 Å². The minimum atomic E-state index is -0.0408. The second-order valence-corrected chi connectivity index (χ2v) is 7.25. The molecule has 0 radical (unpaired) electrons. The monoisotopic (exact) mass is 360 g/mol. The van der Waals surface area contributed by atoms with Crippen LogP contribution < -0.4 is 10.6 Å². The first-order valence-electron chi connectivity index (χ1n) is 8.76. The van der Waals surface area contributed by atoms with E-state index >= 15 is 0 Å². The number of nitrogens with one attached hydrogen (secondary N) is 2. The molecule has 0 aliphatic carbocycles. The van der Waals surface area contributed by atoms with Crippen LogP contribution in [0.2, 0.25) is 5.02 Å². The first kappa shape index (κ1) is 18.0. The van der Waals surface area contributed by atoms with Gasteiger partial charge >= 0.3 is 0 Å². The molecule has 2 aromatic rings. The Kier molecular flexibility index (Phi) is 5.45. The fourth-order valence-corrected chi connectivity index (χ4v) is 3.59. The lowest BCUT2D eigenvalue weighted by atomic mass is 9.94. The highest BCUT2D eigenvalue weighted by Crippen LogP contribution is 2.20. The number of rotatable bonds is 4. The quantitative estimate of drug-likeness (QED) is 0.881. The summed E-state index contributed by atoms with van der Waals surface area (Å²) in [6.07, 6.45) is 1.08. The van der Waals surface area contributed by atoms with Gasteiger partial charge in [-0.25, -0.2) is 0 Å². The number of nitrogens with zero attached hydrogens (tertiary/aromatic N) is 2. The number of carbonyl (C=O) groups is 1. The molecule has 1 aromatic carbocycles. The third-order valence-electron chi connectivity index (χ3n) is 5.03. The number of benzene rings is 1. The summed E-state index contributed by atoms with van der Waals surface area (Å²) in [5.74, 6) is 0.435. The molecule has 0 spiro atoms. The maximum Gasteiger partial charge on any atom is 0.255 e. The van der Waals surface area contributed by atoms with E-state index in [4.69, 9.17) is 11.6 Å². The van der Waals surface area contributed by atoms with Crippen LogP contribution in [-0.4, -0.2) is 34.8 Å². The number of amides is 1. The van der Waals surface area contributed by atoms with Gasteiger partial charge in [-0.1, -0.05) is 36.7 Å². The van der Waals surface area contributed by atoms with Crippen LogP contribution >= 0.6 is 11.6 Å². The van der Waals surface area contributed by atoms with E-state index in [1.165, 1.54) is 0 Å². The molecule has 1 amide bonds. The third-order valence-corrected chi connectivity index (χ3v) is 5.40. The van der Waals surface area contributed by atoms with E-state index in [-0.39, 0.29) is 11.9 Å². The molecule has 6 heteroatoms. The van der Waals surface area contributed by atoms with Crippen molar-refractivity contribution < 1.29 is 4.79 Å². The zero-order chi connectivity index (χ0) is 18.0. The molecule has 1 fully saturated rings. The highest BCUT2D eigenvalue weighted by atomic mass is 35.5. The van der Waals surface area contributed by atoms with Crippen LogP contribution in [0, 0.1) is 19.8 Å². The summed E-state index contributed by atoms with van der Waals surface area (Å²) in [4.78, 5) is 12.8. The van der Waals surface area contributed by atoms with Gasteiger partial charge in [0.05, 0.1) is 17.8 Å². The Morgan fingerprint density at radius 2 is 2.16 bits per heavy atom. The van der Waals surface area contributed by atoms with Gasteiger partial charge in [0.2, 0.25) is 0 Å². The Balaban J connectivity index is 1.79. The van der Waals surface area contributed by atoms with Gasteiger partial charge in [-0.05, 0) is 44.4 Å². The van der Waals surface area contributed by atoms with Crippen LogP contribution in [0.15, 0.2) is 24.3 Å². The van der Waals surface area contributed by atoms with Gasteiger partial charge in [0.15, 0.2) is 0 Å². The van der Waals surface area contributed by atoms with Gasteiger partial charge in [-0.2, -0.15) is 5.10 Å². The summed E-state index contributed by atoms with van der Waals surface area (Å²) in [5, 5.41) is 11.8. The molecule has 3 rings (SSSR count). The zero-order valence-electron chi connectivity index (χ0n) is 15.0. The van der Waals surface area contributed by atoms with Crippen molar-refractivity contribution in [3.8, 4) is 0 Å². The van der Waals surface area contributed by atoms with E-state index in [1.807, 2.05) is 42.8 Å². The van der Waals surface area contributed by atoms with Crippen molar-refractivity contribution in [1.29, 1.82) is 0 Å². The first-order valence-corrected chi connectivity index (χ1v) is 9.14. The molecule has 1 aliphatic rings. The first-order chi connectivity index (χ1) is 12.0. The molecule has 1 aromatic heterocycles. The summed E-state index contributed by atoms with van der Waals surface area (Å²) in [5.41, 5.74) is 3.28. The minimum Gasteiger partial charge on any atom is -0.348 e. The lowest BCUT2D eigenvalue weighted by molar-refractivity contribution is 0.0914. The van der Waals surface area contributed by atoms with Gasteiger partial charge in [0.25, 0.3) is 5.91 Å². The van der Waals surface area contributed by atoms with Gasteiger partial charge in [-0.3, -0.25) is 9.48 Å². The Bertz CT molecular complexity index is 771. The highest BCUT2D eigenvalue weighted by Gasteiger charge is 2.26. The second kappa shape index (κ2) is 7.58. The third kappa shape index (κ3) is 3.88. The number of aryl methyl sites for hydroxylation is 1. The Morgan fingerprint density at radius 3 is 2.88 bits per heavy atom. The minimum absolute atomic E-state index is 0.0408. The number of halogens is 1. The number of hydrogen-bond donors (Lipinski definition) is 2. The largest absolute Gasteiger partial charge is 0.348 e. The van der Waals surface area contributed by atoms with Gasteiger partial charge < -0.3 is 10.6 Å². The molecule has 2 atom stereocenters. The molecular weight excluding hydrogens is 336 g/mol. The lowest BCUT2D eigenvalue weighted by Crippen LogP contribution is -2.50. The van der Waals surface area contributed by atoms with Crippen molar-refractivity contribution >= 4 is 17.5 Å². The van der Waals surface area contributed by atoms with E-state index in [2.05, 4.69) is 22.7 Å². The summed E-state index contributed by atoms with van der Waals surface area (Å²) in [6, 6.07) is 7.87. The van der Waals surface area contributed by atoms with Crippen LogP contribution in [0.1, 0.15) is 40.7 Å². The summed E-state index contributed by atoms with van der Waals surface area (Å²) < 4.78 is 1.86. The molecule has 134 valence electrons. The maximum absolute atomic E-state index is 12.8. The van der Waals surface area contributed by atoms with Crippen LogP contribution in [-0.2, 0) is 6.54 Å². The molecule has 1 saturated heterocycles. The second-order valence-electron chi connectivity index (χ2n) is 6.84. The molecule has 25 heavy (non-hydrogen) atoms. The predicted molar refractivity (Wildman–Crippen MR) is 100 cm³/mol. The summed E-state index contributed by atoms with van der Waals surface area (Å²) in [6.45, 7) is 8.40. The van der Waals surface area contributed by atoms with E-state index in [0.29, 0.717) is 23.0 Å². The number of piperidine rings is 1. The number of hydrogen-bond acceptors (Lipinski definition) is 3. The molecule has 2 heterocycles. The predicted octanol–water partition coefficient (Wildman–Crippen LogP) is 2.93. The van der Waals surface area contributed by atoms with Gasteiger partial charge in [-0.15, -0.1) is 0 Å². The van der Waals surface area contributed by atoms with Crippen molar-refractivity contribution in [3.05, 3.63) is 51.8 Å². The van der Waals surface area contributed by atoms with Crippen LogP contribution in [0.25, 0.3) is 0 Å². The van der Waals surface area contributed by atoms with E-state index in [9.17, 15) is 4.79 Å². The van der Waals surface area contributed by atoms with E-state index in [1.54, 1.807) is 0 Å². The Labute approximate surface area is 153 Å².